The minimum absolute atomic E-state index is 0.00233. The summed E-state index contributed by atoms with van der Waals surface area (Å²) in [6.45, 7) is 3.73. The van der Waals surface area contributed by atoms with Crippen molar-refractivity contribution in [2.45, 2.75) is 56.0 Å². The van der Waals surface area contributed by atoms with Crippen molar-refractivity contribution in [2.75, 3.05) is 39.4 Å². The van der Waals surface area contributed by atoms with Crippen LogP contribution in [0, 0.1) is 5.82 Å². The molecule has 4 aliphatic rings. The highest BCUT2D eigenvalue weighted by atomic mass is 35.5. The molecule has 0 aromatic heterocycles. The molecule has 4 saturated heterocycles. The van der Waals surface area contributed by atoms with E-state index >= 15 is 0 Å². The zero-order valence-electron chi connectivity index (χ0n) is 18.5. The van der Waals surface area contributed by atoms with E-state index < -0.39 is 0 Å². The van der Waals surface area contributed by atoms with Crippen molar-refractivity contribution in [3.63, 3.8) is 0 Å². The Hall–Kier alpha value is -1.94. The van der Waals surface area contributed by atoms with Gasteiger partial charge in [-0.15, -0.1) is 0 Å². The average Bonchev–Trinajstić information content (AvgIpc) is 3.20. The first-order valence-corrected chi connectivity index (χ1v) is 12.0. The zero-order valence-corrected chi connectivity index (χ0v) is 19.3. The van der Waals surface area contributed by atoms with Gasteiger partial charge in [-0.1, -0.05) is 17.7 Å². The van der Waals surface area contributed by atoms with Crippen LogP contribution < -0.4 is 10.6 Å². The maximum Gasteiger partial charge on any atom is 0.320 e. The van der Waals surface area contributed by atoms with Crippen molar-refractivity contribution >= 4 is 23.5 Å². The fourth-order valence-corrected chi connectivity index (χ4v) is 5.66. The van der Waals surface area contributed by atoms with E-state index in [0.29, 0.717) is 44.4 Å². The van der Waals surface area contributed by atoms with Gasteiger partial charge in [-0.05, 0) is 43.4 Å². The number of hydrogen-bond acceptors (Lipinski definition) is 5. The highest BCUT2D eigenvalue weighted by molar-refractivity contribution is 6.31. The maximum atomic E-state index is 13.2. The summed E-state index contributed by atoms with van der Waals surface area (Å²) in [4.78, 5) is 28.5. The number of benzene rings is 1. The summed E-state index contributed by atoms with van der Waals surface area (Å²) >= 11 is 6.13. The molecule has 4 fully saturated rings. The number of fused-ring (bicyclic) bond motifs is 1. The lowest BCUT2D eigenvalue weighted by atomic mass is 9.87. The molecular formula is C23H30ClFN4O4. The minimum atomic E-state index is -0.339. The maximum absolute atomic E-state index is 13.2. The summed E-state index contributed by atoms with van der Waals surface area (Å²) in [6.07, 6.45) is 3.22. The summed E-state index contributed by atoms with van der Waals surface area (Å²) < 4.78 is 25.1. The Kier molecular flexibility index (Phi) is 6.48. The van der Waals surface area contributed by atoms with Gasteiger partial charge in [-0.3, -0.25) is 4.79 Å². The summed E-state index contributed by atoms with van der Waals surface area (Å²) in [5.41, 5.74) is 0.655. The van der Waals surface area contributed by atoms with Gasteiger partial charge in [0.25, 0.3) is 0 Å². The SMILES string of the molecule is O=C1CO[C@H]2CCN(C(=O)N3CCC4(CC3)CC(NCc3ccc(F)cc3Cl)CO4)C[C@H]2N1. The second-order valence-corrected chi connectivity index (χ2v) is 9.95. The number of nitrogens with zero attached hydrogens (tertiary/aromatic N) is 2. The quantitative estimate of drug-likeness (QED) is 0.690. The lowest BCUT2D eigenvalue weighted by Crippen LogP contribution is -2.63. The van der Waals surface area contributed by atoms with Crippen molar-refractivity contribution in [1.29, 1.82) is 0 Å². The lowest BCUT2D eigenvalue weighted by molar-refractivity contribution is -0.139. The molecule has 180 valence electrons. The Morgan fingerprint density at radius 2 is 2.09 bits per heavy atom. The van der Waals surface area contributed by atoms with Crippen LogP contribution in [-0.4, -0.2) is 84.9 Å². The number of nitrogens with one attached hydrogen (secondary N) is 2. The normalized spacial score (nSPS) is 29.2. The highest BCUT2D eigenvalue weighted by Crippen LogP contribution is 2.36. The molecular weight excluding hydrogens is 451 g/mol. The first-order valence-electron chi connectivity index (χ1n) is 11.7. The monoisotopic (exact) mass is 480 g/mol. The minimum Gasteiger partial charge on any atom is -0.373 e. The molecule has 3 amide bonds. The third-order valence-corrected chi connectivity index (χ3v) is 7.70. The smallest absolute Gasteiger partial charge is 0.320 e. The molecule has 1 aromatic rings. The van der Waals surface area contributed by atoms with Crippen LogP contribution in [0.1, 0.15) is 31.2 Å². The molecule has 1 unspecified atom stereocenters. The molecule has 5 rings (SSSR count). The lowest BCUT2D eigenvalue weighted by Gasteiger charge is -2.44. The van der Waals surface area contributed by atoms with E-state index in [4.69, 9.17) is 21.1 Å². The third kappa shape index (κ3) is 4.96. The standard InChI is InChI=1S/C23H30ClFN4O4/c24-18-9-16(25)2-1-15(18)11-26-17-10-23(33-13-17)4-7-28(8-5-23)22(31)29-6-3-20-19(12-29)27-21(30)14-32-20/h1-2,9,17,19-20,26H,3-8,10-14H2,(H,27,30)/t17?,19-,20+/m1/s1. The van der Waals surface area contributed by atoms with Crippen molar-refractivity contribution in [1.82, 2.24) is 20.4 Å². The molecule has 0 saturated carbocycles. The van der Waals surface area contributed by atoms with Gasteiger partial charge in [0, 0.05) is 43.8 Å². The second-order valence-electron chi connectivity index (χ2n) is 9.54. The molecule has 4 heterocycles. The first kappa shape index (κ1) is 22.8. The number of carbonyl (C=O) groups is 2. The molecule has 4 aliphatic heterocycles. The van der Waals surface area contributed by atoms with Gasteiger partial charge in [0.2, 0.25) is 5.91 Å². The fraction of sp³-hybridized carbons (Fsp3) is 0.652. The molecule has 3 atom stereocenters. The summed E-state index contributed by atoms with van der Waals surface area (Å²) in [6, 6.07) is 4.55. The predicted molar refractivity (Wildman–Crippen MR) is 119 cm³/mol. The number of likely N-dealkylation sites (tertiary alicyclic amines) is 2. The molecule has 0 bridgehead atoms. The van der Waals surface area contributed by atoms with E-state index in [0.717, 1.165) is 31.2 Å². The Morgan fingerprint density at radius 3 is 2.88 bits per heavy atom. The Morgan fingerprint density at radius 1 is 1.27 bits per heavy atom. The summed E-state index contributed by atoms with van der Waals surface area (Å²) in [5, 5.41) is 6.85. The number of ether oxygens (including phenoxy) is 2. The predicted octanol–water partition coefficient (Wildman–Crippen LogP) is 1.90. The Bertz CT molecular complexity index is 910. The largest absolute Gasteiger partial charge is 0.373 e. The van der Waals surface area contributed by atoms with Crippen LogP contribution in [0.25, 0.3) is 0 Å². The molecule has 8 nitrogen and oxygen atoms in total. The molecule has 0 radical (unpaired) electrons. The van der Waals surface area contributed by atoms with Gasteiger partial charge in [0.15, 0.2) is 0 Å². The van der Waals surface area contributed by atoms with Crippen LogP contribution >= 0.6 is 11.6 Å². The topological polar surface area (TPSA) is 83.1 Å². The van der Waals surface area contributed by atoms with Crippen LogP contribution in [-0.2, 0) is 20.8 Å². The van der Waals surface area contributed by atoms with Gasteiger partial charge < -0.3 is 29.9 Å². The number of amides is 3. The fourth-order valence-electron chi connectivity index (χ4n) is 5.42. The highest BCUT2D eigenvalue weighted by Gasteiger charge is 2.44. The number of morpholine rings is 1. The number of carbonyl (C=O) groups excluding carboxylic acids is 2. The summed E-state index contributed by atoms with van der Waals surface area (Å²) in [5.74, 6) is -0.455. The van der Waals surface area contributed by atoms with E-state index in [9.17, 15) is 14.0 Å². The molecule has 0 aliphatic carbocycles. The van der Waals surface area contributed by atoms with Gasteiger partial charge in [0.1, 0.15) is 12.4 Å². The summed E-state index contributed by atoms with van der Waals surface area (Å²) in [7, 11) is 0. The van der Waals surface area contributed by atoms with E-state index in [-0.39, 0.29) is 48.2 Å². The number of rotatable bonds is 3. The molecule has 2 N–H and O–H groups in total. The number of urea groups is 1. The van der Waals surface area contributed by atoms with E-state index in [2.05, 4.69) is 10.6 Å². The number of piperidine rings is 2. The molecule has 10 heteroatoms. The first-order chi connectivity index (χ1) is 15.9. The second kappa shape index (κ2) is 9.37. The Balaban J connectivity index is 1.10. The van der Waals surface area contributed by atoms with Crippen molar-refractivity contribution in [3.05, 3.63) is 34.6 Å². The Labute approximate surface area is 197 Å². The molecule has 33 heavy (non-hydrogen) atoms. The number of halogens is 2. The van der Waals surface area contributed by atoms with Crippen LogP contribution in [0.15, 0.2) is 18.2 Å². The van der Waals surface area contributed by atoms with Crippen LogP contribution in [0.4, 0.5) is 9.18 Å². The molecule has 1 spiro atoms. The third-order valence-electron chi connectivity index (χ3n) is 7.35. The number of hydrogen-bond donors (Lipinski definition) is 2. The van der Waals surface area contributed by atoms with Crippen LogP contribution in [0.3, 0.4) is 0 Å². The van der Waals surface area contributed by atoms with Crippen molar-refractivity contribution < 1.29 is 23.5 Å². The van der Waals surface area contributed by atoms with E-state index in [1.807, 2.05) is 9.80 Å². The van der Waals surface area contributed by atoms with E-state index in [1.165, 1.54) is 12.1 Å². The van der Waals surface area contributed by atoms with Crippen LogP contribution in [0.2, 0.25) is 5.02 Å². The molecule has 1 aromatic carbocycles. The zero-order chi connectivity index (χ0) is 23.0. The van der Waals surface area contributed by atoms with Gasteiger partial charge >= 0.3 is 6.03 Å². The van der Waals surface area contributed by atoms with Gasteiger partial charge in [-0.25, -0.2) is 9.18 Å². The van der Waals surface area contributed by atoms with Crippen molar-refractivity contribution in [3.8, 4) is 0 Å². The van der Waals surface area contributed by atoms with Crippen LogP contribution in [0.5, 0.6) is 0 Å². The average molecular weight is 481 g/mol. The van der Waals surface area contributed by atoms with E-state index in [1.54, 1.807) is 6.07 Å². The van der Waals surface area contributed by atoms with Gasteiger partial charge in [-0.2, -0.15) is 0 Å². The van der Waals surface area contributed by atoms with Gasteiger partial charge in [0.05, 0.1) is 24.4 Å². The van der Waals surface area contributed by atoms with Crippen molar-refractivity contribution in [2.24, 2.45) is 0 Å².